The Hall–Kier alpha value is -2.68. The highest BCUT2D eigenvalue weighted by Crippen LogP contribution is 2.34. The summed E-state index contributed by atoms with van der Waals surface area (Å²) in [7, 11) is 1.80. The number of rotatable bonds is 7. The first-order valence-corrected chi connectivity index (χ1v) is 11.6. The molecule has 1 amide bonds. The van der Waals surface area contributed by atoms with Gasteiger partial charge in [0.1, 0.15) is 10.5 Å². The number of benzene rings is 1. The molecule has 1 saturated heterocycles. The monoisotopic (exact) mass is 439 g/mol. The summed E-state index contributed by atoms with van der Waals surface area (Å²) >= 11 is 3.28. The van der Waals surface area contributed by atoms with E-state index in [1.165, 1.54) is 0 Å². The van der Waals surface area contributed by atoms with Gasteiger partial charge in [0.15, 0.2) is 0 Å². The summed E-state index contributed by atoms with van der Waals surface area (Å²) in [5, 5.41) is 13.8. The molecular formula is C22H25N5OS2. The van der Waals surface area contributed by atoms with Gasteiger partial charge in [-0.15, -0.1) is 11.3 Å². The van der Waals surface area contributed by atoms with Crippen molar-refractivity contribution in [2.75, 3.05) is 30.4 Å². The molecule has 0 unspecified atom stereocenters. The van der Waals surface area contributed by atoms with E-state index in [1.54, 1.807) is 29.7 Å². The van der Waals surface area contributed by atoms with Gasteiger partial charge >= 0.3 is 0 Å². The molecule has 2 aromatic heterocycles. The third-order valence-corrected chi connectivity index (χ3v) is 7.25. The van der Waals surface area contributed by atoms with Gasteiger partial charge < -0.3 is 21.3 Å². The van der Waals surface area contributed by atoms with Crippen molar-refractivity contribution in [3.63, 3.8) is 0 Å². The highest BCUT2D eigenvalue weighted by atomic mass is 32.1. The number of thiazole rings is 1. The van der Waals surface area contributed by atoms with E-state index < -0.39 is 5.54 Å². The maximum Gasteiger partial charge on any atom is 0.237 e. The van der Waals surface area contributed by atoms with Crippen molar-refractivity contribution in [1.82, 2.24) is 10.3 Å². The van der Waals surface area contributed by atoms with Crippen molar-refractivity contribution in [3.05, 3.63) is 58.7 Å². The highest BCUT2D eigenvalue weighted by molar-refractivity contribution is 7.14. The Bertz CT molecular complexity index is 1040. The number of nitrogens with two attached hydrogens (primary N) is 1. The van der Waals surface area contributed by atoms with Gasteiger partial charge in [-0.2, -0.15) is 11.3 Å². The smallest absolute Gasteiger partial charge is 0.237 e. The number of nitrogens with zero attached hydrogens (tertiary/aromatic N) is 2. The van der Waals surface area contributed by atoms with E-state index in [1.807, 2.05) is 23.6 Å². The Morgan fingerprint density at radius 3 is 2.67 bits per heavy atom. The number of primary amides is 1. The molecule has 156 valence electrons. The third-order valence-electron chi connectivity index (χ3n) is 5.68. The maximum atomic E-state index is 11.9. The van der Waals surface area contributed by atoms with Gasteiger partial charge in [0.2, 0.25) is 5.91 Å². The first-order valence-electron chi connectivity index (χ1n) is 9.79. The van der Waals surface area contributed by atoms with Crippen LogP contribution >= 0.6 is 22.7 Å². The van der Waals surface area contributed by atoms with Crippen LogP contribution in [0.1, 0.15) is 18.5 Å². The number of para-hydroxylation sites is 2. The van der Waals surface area contributed by atoms with Crippen molar-refractivity contribution in [2.45, 2.75) is 18.4 Å². The number of hydrogen-bond donors (Lipinski definition) is 3. The van der Waals surface area contributed by atoms with Gasteiger partial charge in [0.25, 0.3) is 0 Å². The van der Waals surface area contributed by atoms with Crippen LogP contribution < -0.4 is 21.3 Å². The molecule has 4 N–H and O–H groups in total. The topological polar surface area (TPSA) is 83.3 Å². The SMILES string of the molecule is C=C(Nc1ccccc1N1CCC(NC)(C(N)=O)CC1)c1csc(-c2ccsc2)n1. The average Bonchev–Trinajstić information content (AvgIpc) is 3.46. The summed E-state index contributed by atoms with van der Waals surface area (Å²) in [4.78, 5) is 18.9. The average molecular weight is 440 g/mol. The van der Waals surface area contributed by atoms with Crippen LogP contribution in [-0.4, -0.2) is 36.6 Å². The van der Waals surface area contributed by atoms with Crippen LogP contribution in [0.5, 0.6) is 0 Å². The molecule has 1 aliphatic heterocycles. The first kappa shape index (κ1) is 20.6. The quantitative estimate of drug-likeness (QED) is 0.518. The van der Waals surface area contributed by atoms with Gasteiger partial charge in [0.05, 0.1) is 22.8 Å². The zero-order valence-corrected chi connectivity index (χ0v) is 18.5. The second-order valence-electron chi connectivity index (χ2n) is 7.35. The molecule has 0 spiro atoms. The van der Waals surface area contributed by atoms with Gasteiger partial charge in [-0.05, 0) is 43.5 Å². The number of amides is 1. The lowest BCUT2D eigenvalue weighted by atomic mass is 9.86. The second kappa shape index (κ2) is 8.59. The number of hydrogen-bond acceptors (Lipinski definition) is 7. The van der Waals surface area contributed by atoms with Gasteiger partial charge in [0, 0.05) is 29.4 Å². The minimum atomic E-state index is -0.624. The van der Waals surface area contributed by atoms with E-state index in [9.17, 15) is 4.79 Å². The molecule has 0 atom stereocenters. The summed E-state index contributed by atoms with van der Waals surface area (Å²) in [6.07, 6.45) is 1.34. The number of likely N-dealkylation sites (N-methyl/N-ethyl adjacent to an activating group) is 1. The highest BCUT2D eigenvalue weighted by Gasteiger charge is 2.38. The maximum absolute atomic E-state index is 11.9. The molecule has 6 nitrogen and oxygen atoms in total. The number of carbonyl (C=O) groups is 1. The number of carbonyl (C=O) groups excluding carboxylic acids is 1. The molecule has 4 rings (SSSR count). The Morgan fingerprint density at radius 2 is 2.00 bits per heavy atom. The molecule has 30 heavy (non-hydrogen) atoms. The predicted molar refractivity (Wildman–Crippen MR) is 127 cm³/mol. The normalized spacial score (nSPS) is 15.7. The largest absolute Gasteiger partial charge is 0.370 e. The lowest BCUT2D eigenvalue weighted by Crippen LogP contribution is -2.59. The lowest BCUT2D eigenvalue weighted by Gasteiger charge is -2.41. The summed E-state index contributed by atoms with van der Waals surface area (Å²) in [5.74, 6) is -0.283. The molecule has 3 heterocycles. The summed E-state index contributed by atoms with van der Waals surface area (Å²) in [5.41, 5.74) is 9.83. The van der Waals surface area contributed by atoms with Crippen molar-refractivity contribution >= 4 is 45.7 Å². The molecular weight excluding hydrogens is 414 g/mol. The minimum absolute atomic E-state index is 0.283. The Kier molecular flexibility index (Phi) is 5.90. The minimum Gasteiger partial charge on any atom is -0.370 e. The van der Waals surface area contributed by atoms with Crippen LogP contribution in [0.3, 0.4) is 0 Å². The molecule has 1 aromatic carbocycles. The van der Waals surface area contributed by atoms with Crippen LogP contribution in [0, 0.1) is 0 Å². The number of anilines is 2. The van der Waals surface area contributed by atoms with E-state index in [4.69, 9.17) is 10.7 Å². The zero-order chi connectivity index (χ0) is 21.1. The van der Waals surface area contributed by atoms with Crippen molar-refractivity contribution in [2.24, 2.45) is 5.73 Å². The molecule has 0 aliphatic carbocycles. The lowest BCUT2D eigenvalue weighted by molar-refractivity contribution is -0.125. The van der Waals surface area contributed by atoms with E-state index in [0.717, 1.165) is 46.4 Å². The Morgan fingerprint density at radius 1 is 1.23 bits per heavy atom. The fraction of sp³-hybridized carbons (Fsp3) is 0.273. The standard InChI is InChI=1S/C22H25N5OS2/c1-15(18-14-30-20(26-18)16-7-12-29-13-16)25-17-5-3-4-6-19(17)27-10-8-22(24-2,9-11-27)21(23)28/h3-7,12-14,24-25H,1,8-11H2,2H3,(H2,23,28). The summed E-state index contributed by atoms with van der Waals surface area (Å²) < 4.78 is 0. The second-order valence-corrected chi connectivity index (χ2v) is 8.99. The van der Waals surface area contributed by atoms with Crippen LogP contribution in [0.25, 0.3) is 16.3 Å². The molecule has 8 heteroatoms. The van der Waals surface area contributed by atoms with Crippen molar-refractivity contribution < 1.29 is 4.79 Å². The molecule has 1 fully saturated rings. The molecule has 0 saturated carbocycles. The van der Waals surface area contributed by atoms with Crippen LogP contribution in [0.4, 0.5) is 11.4 Å². The van der Waals surface area contributed by atoms with Gasteiger partial charge in [-0.1, -0.05) is 18.7 Å². The number of piperidine rings is 1. The zero-order valence-electron chi connectivity index (χ0n) is 16.9. The van der Waals surface area contributed by atoms with Crippen LogP contribution in [-0.2, 0) is 4.79 Å². The molecule has 3 aromatic rings. The Balaban J connectivity index is 1.49. The molecule has 1 aliphatic rings. The number of nitrogens with one attached hydrogen (secondary N) is 2. The van der Waals surface area contributed by atoms with Crippen molar-refractivity contribution in [1.29, 1.82) is 0 Å². The number of thiophene rings is 1. The van der Waals surface area contributed by atoms with Crippen molar-refractivity contribution in [3.8, 4) is 10.6 Å². The van der Waals surface area contributed by atoms with Crippen LogP contribution in [0.15, 0.2) is 53.1 Å². The van der Waals surface area contributed by atoms with Gasteiger partial charge in [-0.25, -0.2) is 4.98 Å². The predicted octanol–water partition coefficient (Wildman–Crippen LogP) is 4.00. The van der Waals surface area contributed by atoms with E-state index >= 15 is 0 Å². The van der Waals surface area contributed by atoms with Crippen LogP contribution in [0.2, 0.25) is 0 Å². The van der Waals surface area contributed by atoms with E-state index in [0.29, 0.717) is 12.8 Å². The summed E-state index contributed by atoms with van der Waals surface area (Å²) in [6, 6.07) is 10.2. The van der Waals surface area contributed by atoms with E-state index in [2.05, 4.69) is 45.0 Å². The molecule has 0 bridgehead atoms. The van der Waals surface area contributed by atoms with E-state index in [-0.39, 0.29) is 5.91 Å². The van der Waals surface area contributed by atoms with Gasteiger partial charge in [-0.3, -0.25) is 4.79 Å². The molecule has 0 radical (unpaired) electrons. The first-order chi connectivity index (χ1) is 14.5. The number of aromatic nitrogens is 1. The third kappa shape index (κ3) is 3.98. The fourth-order valence-corrected chi connectivity index (χ4v) is 5.31. The Labute approximate surface area is 184 Å². The fourth-order valence-electron chi connectivity index (χ4n) is 3.76. The summed E-state index contributed by atoms with van der Waals surface area (Å²) in [6.45, 7) is 5.69.